The monoisotopic (exact) mass is 296 g/mol. The third kappa shape index (κ3) is 1.95. The molecule has 4 nitrogen and oxygen atoms in total. The van der Waals surface area contributed by atoms with Crippen molar-refractivity contribution in [2.75, 3.05) is 7.11 Å². The molecule has 0 saturated carbocycles. The van der Waals surface area contributed by atoms with E-state index in [4.69, 9.17) is 14.2 Å². The lowest BCUT2D eigenvalue weighted by atomic mass is 9.91. The summed E-state index contributed by atoms with van der Waals surface area (Å²) in [5.74, 6) is 0.944. The molecule has 0 aliphatic carbocycles. The van der Waals surface area contributed by atoms with E-state index in [1.54, 1.807) is 25.3 Å². The summed E-state index contributed by atoms with van der Waals surface area (Å²) in [7, 11) is 1.57. The first-order valence-corrected chi connectivity index (χ1v) is 7.37. The normalized spacial score (nSPS) is 22.3. The minimum atomic E-state index is -0.924. The maximum atomic E-state index is 12.5. The van der Waals surface area contributed by atoms with Crippen LogP contribution in [0.2, 0.25) is 0 Å². The minimum Gasteiger partial charge on any atom is -0.493 e. The number of carbonyl (C=O) groups is 1. The number of carbonyl (C=O) groups excluding carboxylic acids is 1. The molecule has 0 fully saturated rings. The van der Waals surface area contributed by atoms with Crippen LogP contribution in [0.15, 0.2) is 42.5 Å². The Morgan fingerprint density at radius 2 is 1.95 bits per heavy atom. The third-order valence-electron chi connectivity index (χ3n) is 4.26. The van der Waals surface area contributed by atoms with E-state index in [2.05, 4.69) is 0 Å². The number of Topliss-reactive ketones (excluding diaryl/α,β-unsaturated/α-hetero) is 1. The Morgan fingerprint density at radius 1 is 1.09 bits per heavy atom. The summed E-state index contributed by atoms with van der Waals surface area (Å²) >= 11 is 0. The molecule has 4 heteroatoms. The lowest BCUT2D eigenvalue weighted by molar-refractivity contribution is -0.130. The number of ether oxygens (including phenoxy) is 3. The molecule has 1 atom stereocenters. The first-order chi connectivity index (χ1) is 10.7. The highest BCUT2D eigenvalue weighted by molar-refractivity contribution is 6.01. The first kappa shape index (κ1) is 13.2. The molecule has 0 aromatic heterocycles. The van der Waals surface area contributed by atoms with E-state index >= 15 is 0 Å². The van der Waals surface area contributed by atoms with Gasteiger partial charge in [0.2, 0.25) is 0 Å². The highest BCUT2D eigenvalue weighted by Crippen LogP contribution is 2.45. The van der Waals surface area contributed by atoms with Gasteiger partial charge in [-0.1, -0.05) is 24.3 Å². The van der Waals surface area contributed by atoms with Gasteiger partial charge in [-0.05, 0) is 30.2 Å². The molecule has 2 heterocycles. The van der Waals surface area contributed by atoms with Gasteiger partial charge in [0, 0.05) is 6.42 Å². The molecular formula is C18H16O4. The number of fused-ring (bicyclic) bond motifs is 2. The molecule has 2 aromatic rings. The Morgan fingerprint density at radius 3 is 2.82 bits per heavy atom. The zero-order chi connectivity index (χ0) is 15.2. The predicted molar refractivity (Wildman–Crippen MR) is 80.7 cm³/mol. The Balaban J connectivity index is 1.76. The Bertz CT molecular complexity index is 753. The van der Waals surface area contributed by atoms with Gasteiger partial charge in [0.1, 0.15) is 5.75 Å². The molecule has 0 amide bonds. The number of benzene rings is 2. The lowest BCUT2D eigenvalue weighted by Crippen LogP contribution is -2.49. The summed E-state index contributed by atoms with van der Waals surface area (Å²) in [5, 5.41) is 0. The van der Waals surface area contributed by atoms with Crippen LogP contribution in [0.1, 0.15) is 28.8 Å². The van der Waals surface area contributed by atoms with Gasteiger partial charge >= 0.3 is 0 Å². The molecule has 22 heavy (non-hydrogen) atoms. The minimum absolute atomic E-state index is 0.0273. The van der Waals surface area contributed by atoms with Crippen molar-refractivity contribution in [2.45, 2.75) is 25.0 Å². The second kappa shape index (κ2) is 4.77. The van der Waals surface area contributed by atoms with Crippen molar-refractivity contribution in [3.63, 3.8) is 0 Å². The van der Waals surface area contributed by atoms with Crippen LogP contribution >= 0.6 is 0 Å². The van der Waals surface area contributed by atoms with E-state index < -0.39 is 5.79 Å². The molecule has 4 rings (SSSR count). The quantitative estimate of drug-likeness (QED) is 0.809. The second-order valence-corrected chi connectivity index (χ2v) is 5.66. The van der Waals surface area contributed by atoms with Gasteiger partial charge in [-0.15, -0.1) is 0 Å². The molecule has 1 spiro atoms. The van der Waals surface area contributed by atoms with Crippen molar-refractivity contribution in [2.24, 2.45) is 0 Å². The molecule has 1 unspecified atom stereocenters. The van der Waals surface area contributed by atoms with E-state index in [1.807, 2.05) is 24.3 Å². The zero-order valence-electron chi connectivity index (χ0n) is 12.3. The smallest absolute Gasteiger partial charge is 0.259 e. The number of aryl methyl sites for hydroxylation is 1. The fraction of sp³-hybridized carbons (Fsp3) is 0.278. The maximum Gasteiger partial charge on any atom is 0.259 e. The van der Waals surface area contributed by atoms with Crippen LogP contribution in [0.3, 0.4) is 0 Å². The van der Waals surface area contributed by atoms with Crippen LogP contribution in [0, 0.1) is 0 Å². The van der Waals surface area contributed by atoms with E-state index in [1.165, 1.54) is 0 Å². The topological polar surface area (TPSA) is 44.8 Å². The van der Waals surface area contributed by atoms with E-state index in [0.29, 0.717) is 23.5 Å². The SMILES string of the molecule is COc1cccc2c1OC1(CCc3ccccc3O1)CC2=O. The van der Waals surface area contributed by atoms with Crippen LogP contribution in [-0.2, 0) is 6.42 Å². The van der Waals surface area contributed by atoms with Crippen molar-refractivity contribution < 1.29 is 19.0 Å². The third-order valence-corrected chi connectivity index (χ3v) is 4.26. The maximum absolute atomic E-state index is 12.5. The number of methoxy groups -OCH3 is 1. The largest absolute Gasteiger partial charge is 0.493 e. The standard InChI is InChI=1S/C18H16O4/c1-20-16-8-4-6-13-14(19)11-18(22-17(13)16)10-9-12-5-2-3-7-15(12)21-18/h2-8H,9-11H2,1H3. The van der Waals surface area contributed by atoms with Crippen LogP contribution in [0.25, 0.3) is 0 Å². The van der Waals surface area contributed by atoms with Crippen LogP contribution in [-0.4, -0.2) is 18.7 Å². The molecule has 2 aliphatic heterocycles. The van der Waals surface area contributed by atoms with Gasteiger partial charge in [-0.3, -0.25) is 4.79 Å². The molecule has 2 aliphatic rings. The highest BCUT2D eigenvalue weighted by atomic mass is 16.7. The van der Waals surface area contributed by atoms with Crippen molar-refractivity contribution in [1.29, 1.82) is 0 Å². The van der Waals surface area contributed by atoms with E-state index in [9.17, 15) is 4.79 Å². The van der Waals surface area contributed by atoms with Gasteiger partial charge in [-0.25, -0.2) is 0 Å². The number of hydrogen-bond acceptors (Lipinski definition) is 4. The van der Waals surface area contributed by atoms with Gasteiger partial charge in [0.05, 0.1) is 19.1 Å². The van der Waals surface area contributed by atoms with E-state index in [-0.39, 0.29) is 12.2 Å². The molecule has 0 radical (unpaired) electrons. The van der Waals surface area contributed by atoms with Crippen molar-refractivity contribution in [3.8, 4) is 17.2 Å². The average Bonchev–Trinajstić information content (AvgIpc) is 2.54. The average molecular weight is 296 g/mol. The van der Waals surface area contributed by atoms with E-state index in [0.717, 1.165) is 17.7 Å². The van der Waals surface area contributed by atoms with Gasteiger partial charge in [-0.2, -0.15) is 0 Å². The van der Waals surface area contributed by atoms with Gasteiger partial charge in [0.15, 0.2) is 17.3 Å². The predicted octanol–water partition coefficient (Wildman–Crippen LogP) is 3.38. The zero-order valence-corrected chi connectivity index (χ0v) is 12.3. The molecule has 0 N–H and O–H groups in total. The number of ketones is 1. The van der Waals surface area contributed by atoms with Crippen LogP contribution in [0.5, 0.6) is 17.2 Å². The summed E-state index contributed by atoms with van der Waals surface area (Å²) in [4.78, 5) is 12.5. The fourth-order valence-electron chi connectivity index (χ4n) is 3.15. The summed E-state index contributed by atoms with van der Waals surface area (Å²) in [6, 6.07) is 13.2. The fourth-order valence-corrected chi connectivity index (χ4v) is 3.15. The first-order valence-electron chi connectivity index (χ1n) is 7.37. The summed E-state index contributed by atoms with van der Waals surface area (Å²) < 4.78 is 17.6. The Hall–Kier alpha value is -2.49. The second-order valence-electron chi connectivity index (χ2n) is 5.66. The molecule has 112 valence electrons. The summed E-state index contributed by atoms with van der Waals surface area (Å²) in [5.41, 5.74) is 1.71. The number of hydrogen-bond donors (Lipinski definition) is 0. The van der Waals surface area contributed by atoms with Crippen molar-refractivity contribution in [3.05, 3.63) is 53.6 Å². The number of para-hydroxylation sites is 2. The highest BCUT2D eigenvalue weighted by Gasteiger charge is 2.45. The van der Waals surface area contributed by atoms with Gasteiger partial charge in [0.25, 0.3) is 5.79 Å². The summed E-state index contributed by atoms with van der Waals surface area (Å²) in [6.07, 6.45) is 1.70. The molecule has 2 aromatic carbocycles. The van der Waals surface area contributed by atoms with Crippen LogP contribution in [0.4, 0.5) is 0 Å². The van der Waals surface area contributed by atoms with Crippen molar-refractivity contribution >= 4 is 5.78 Å². The molecule has 0 saturated heterocycles. The Labute approximate surface area is 128 Å². The number of rotatable bonds is 1. The Kier molecular flexibility index (Phi) is 2.86. The summed E-state index contributed by atoms with van der Waals surface area (Å²) in [6.45, 7) is 0. The molecular weight excluding hydrogens is 280 g/mol. The lowest BCUT2D eigenvalue weighted by Gasteiger charge is -2.41. The van der Waals surface area contributed by atoms with Gasteiger partial charge < -0.3 is 14.2 Å². The van der Waals surface area contributed by atoms with Crippen molar-refractivity contribution in [1.82, 2.24) is 0 Å². The molecule has 0 bridgehead atoms. The van der Waals surface area contributed by atoms with Crippen LogP contribution < -0.4 is 14.2 Å².